The molecule has 3 N–H and O–H groups in total. The number of carboxylic acids is 1. The molecule has 1 heterocycles. The van der Waals surface area contributed by atoms with Crippen LogP contribution in [0, 0.1) is 13.8 Å². The van der Waals surface area contributed by atoms with Crippen LogP contribution in [0.15, 0.2) is 4.90 Å². The van der Waals surface area contributed by atoms with E-state index in [1.165, 1.54) is 11.6 Å². The Labute approximate surface area is 111 Å². The molecule has 0 aliphatic heterocycles. The highest BCUT2D eigenvalue weighted by molar-refractivity contribution is 7.89. The number of hydrogen-bond donors (Lipinski definition) is 3. The SMILES string of the molecule is Cc1nn(C)c(C)c1S(=O)(=O)NCC(C)(O)C(=O)O. The van der Waals surface area contributed by atoms with E-state index in [0.717, 1.165) is 6.92 Å². The summed E-state index contributed by atoms with van der Waals surface area (Å²) in [6.07, 6.45) is 0. The van der Waals surface area contributed by atoms with Gasteiger partial charge in [-0.15, -0.1) is 0 Å². The number of sulfonamides is 1. The molecule has 0 amide bonds. The number of aliphatic carboxylic acids is 1. The molecule has 0 aliphatic rings. The largest absolute Gasteiger partial charge is 0.479 e. The van der Waals surface area contributed by atoms with Crippen molar-refractivity contribution in [3.63, 3.8) is 0 Å². The fourth-order valence-electron chi connectivity index (χ4n) is 1.53. The Morgan fingerprint density at radius 1 is 1.47 bits per heavy atom. The van der Waals surface area contributed by atoms with Crippen LogP contribution in [-0.2, 0) is 21.9 Å². The van der Waals surface area contributed by atoms with E-state index in [2.05, 4.69) is 9.82 Å². The number of rotatable bonds is 5. The predicted octanol–water partition coefficient (Wildman–Crippen LogP) is -0.849. The predicted molar refractivity (Wildman–Crippen MR) is 66.1 cm³/mol. The van der Waals surface area contributed by atoms with E-state index in [9.17, 15) is 18.3 Å². The number of carbonyl (C=O) groups is 1. The average Bonchev–Trinajstić information content (AvgIpc) is 2.51. The lowest BCUT2D eigenvalue weighted by molar-refractivity contribution is -0.155. The molecule has 108 valence electrons. The van der Waals surface area contributed by atoms with E-state index in [1.54, 1.807) is 14.0 Å². The van der Waals surface area contributed by atoms with Crippen LogP contribution in [0.4, 0.5) is 0 Å². The summed E-state index contributed by atoms with van der Waals surface area (Å²) in [7, 11) is -2.32. The van der Waals surface area contributed by atoms with E-state index in [0.29, 0.717) is 11.4 Å². The van der Waals surface area contributed by atoms with Crippen molar-refractivity contribution in [2.45, 2.75) is 31.3 Å². The molecular formula is C10H17N3O5S. The zero-order valence-corrected chi connectivity index (χ0v) is 11.9. The molecule has 0 aliphatic carbocycles. The average molecular weight is 291 g/mol. The number of aliphatic hydroxyl groups is 1. The van der Waals surface area contributed by atoms with Gasteiger partial charge < -0.3 is 10.2 Å². The van der Waals surface area contributed by atoms with E-state index >= 15 is 0 Å². The second kappa shape index (κ2) is 4.91. The van der Waals surface area contributed by atoms with Gasteiger partial charge in [-0.25, -0.2) is 17.9 Å². The first kappa shape index (κ1) is 15.6. The van der Waals surface area contributed by atoms with Gasteiger partial charge in [0.05, 0.1) is 17.9 Å². The van der Waals surface area contributed by atoms with Crippen LogP contribution in [0.25, 0.3) is 0 Å². The summed E-state index contributed by atoms with van der Waals surface area (Å²) in [6.45, 7) is 3.51. The Morgan fingerprint density at radius 2 is 2.00 bits per heavy atom. The van der Waals surface area contributed by atoms with Crippen molar-refractivity contribution < 1.29 is 23.4 Å². The smallest absolute Gasteiger partial charge is 0.336 e. The van der Waals surface area contributed by atoms with Crippen LogP contribution in [-0.4, -0.2) is 46.5 Å². The van der Waals surface area contributed by atoms with E-state index in [4.69, 9.17) is 5.11 Å². The van der Waals surface area contributed by atoms with Crippen LogP contribution >= 0.6 is 0 Å². The summed E-state index contributed by atoms with van der Waals surface area (Å²) in [4.78, 5) is 10.7. The topological polar surface area (TPSA) is 122 Å². The number of aromatic nitrogens is 2. The fourth-order valence-corrected chi connectivity index (χ4v) is 3.09. The lowest BCUT2D eigenvalue weighted by Crippen LogP contribution is -2.46. The summed E-state index contributed by atoms with van der Waals surface area (Å²) in [5.74, 6) is -1.50. The van der Waals surface area contributed by atoms with E-state index < -0.39 is 28.1 Å². The number of aryl methyl sites for hydroxylation is 2. The van der Waals surface area contributed by atoms with E-state index in [1.807, 2.05) is 0 Å². The molecule has 0 aromatic carbocycles. The summed E-state index contributed by atoms with van der Waals surface area (Å²) in [6, 6.07) is 0. The number of nitrogens with one attached hydrogen (secondary N) is 1. The minimum atomic E-state index is -3.92. The zero-order chi connectivity index (χ0) is 15.0. The first-order chi connectivity index (χ1) is 8.49. The maximum absolute atomic E-state index is 12.1. The van der Waals surface area contributed by atoms with Gasteiger partial charge >= 0.3 is 5.97 Å². The standard InChI is InChI=1S/C10H17N3O5S/c1-6-8(7(2)13(4)12-6)19(17,18)11-5-10(3,16)9(14)15/h11,16H,5H2,1-4H3,(H,14,15). The summed E-state index contributed by atoms with van der Waals surface area (Å²) in [5.41, 5.74) is -1.43. The first-order valence-corrected chi connectivity index (χ1v) is 6.93. The van der Waals surface area contributed by atoms with Gasteiger partial charge in [0, 0.05) is 7.05 Å². The Bertz CT molecular complexity index is 603. The zero-order valence-electron chi connectivity index (χ0n) is 11.1. The van der Waals surface area contributed by atoms with Gasteiger partial charge in [0.15, 0.2) is 5.60 Å². The molecule has 1 atom stereocenters. The van der Waals surface area contributed by atoms with Gasteiger partial charge in [-0.3, -0.25) is 4.68 Å². The third kappa shape index (κ3) is 3.11. The molecule has 0 saturated carbocycles. The molecule has 0 bridgehead atoms. The minimum Gasteiger partial charge on any atom is -0.479 e. The molecule has 0 spiro atoms. The molecule has 0 radical (unpaired) electrons. The molecule has 0 fully saturated rings. The van der Waals surface area contributed by atoms with Crippen molar-refractivity contribution in [3.05, 3.63) is 11.4 Å². The Hall–Kier alpha value is -1.45. The molecule has 19 heavy (non-hydrogen) atoms. The van der Waals surface area contributed by atoms with Crippen molar-refractivity contribution >= 4 is 16.0 Å². The van der Waals surface area contributed by atoms with Crippen LogP contribution in [0.3, 0.4) is 0 Å². The molecule has 1 rings (SSSR count). The Morgan fingerprint density at radius 3 is 2.37 bits per heavy atom. The van der Waals surface area contributed by atoms with E-state index in [-0.39, 0.29) is 4.90 Å². The van der Waals surface area contributed by atoms with Gasteiger partial charge in [-0.05, 0) is 20.8 Å². The summed E-state index contributed by atoms with van der Waals surface area (Å²) in [5, 5.41) is 22.2. The lowest BCUT2D eigenvalue weighted by Gasteiger charge is -2.18. The molecule has 1 aromatic heterocycles. The fraction of sp³-hybridized carbons (Fsp3) is 0.600. The van der Waals surface area contributed by atoms with Crippen molar-refractivity contribution in [2.24, 2.45) is 7.05 Å². The van der Waals surface area contributed by atoms with Gasteiger partial charge in [0.25, 0.3) is 0 Å². The lowest BCUT2D eigenvalue weighted by atomic mass is 10.1. The molecule has 1 aromatic rings. The summed E-state index contributed by atoms with van der Waals surface area (Å²) < 4.78 is 27.7. The van der Waals surface area contributed by atoms with Crippen molar-refractivity contribution in [2.75, 3.05) is 6.54 Å². The third-order valence-corrected chi connectivity index (χ3v) is 4.43. The van der Waals surface area contributed by atoms with Gasteiger partial charge in [0.2, 0.25) is 10.0 Å². The maximum Gasteiger partial charge on any atom is 0.336 e. The number of carboxylic acid groups (broad SMARTS) is 1. The molecular weight excluding hydrogens is 274 g/mol. The van der Waals surface area contributed by atoms with Crippen molar-refractivity contribution in [1.82, 2.24) is 14.5 Å². The maximum atomic E-state index is 12.1. The quantitative estimate of drug-likeness (QED) is 0.649. The highest BCUT2D eigenvalue weighted by Gasteiger charge is 2.33. The number of hydrogen-bond acceptors (Lipinski definition) is 5. The molecule has 9 heteroatoms. The Kier molecular flexibility index (Phi) is 4.03. The van der Waals surface area contributed by atoms with Crippen LogP contribution in [0.5, 0.6) is 0 Å². The van der Waals surface area contributed by atoms with Gasteiger partial charge in [-0.1, -0.05) is 0 Å². The normalized spacial score (nSPS) is 15.2. The second-order valence-corrected chi connectivity index (χ2v) is 6.23. The van der Waals surface area contributed by atoms with Crippen molar-refractivity contribution in [1.29, 1.82) is 0 Å². The van der Waals surface area contributed by atoms with Crippen LogP contribution in [0.1, 0.15) is 18.3 Å². The Balaban J connectivity index is 3.04. The third-order valence-electron chi connectivity index (χ3n) is 2.78. The second-order valence-electron chi connectivity index (χ2n) is 4.53. The van der Waals surface area contributed by atoms with Gasteiger partial charge in [0.1, 0.15) is 4.90 Å². The first-order valence-electron chi connectivity index (χ1n) is 5.44. The van der Waals surface area contributed by atoms with Crippen molar-refractivity contribution in [3.8, 4) is 0 Å². The summed E-state index contributed by atoms with van der Waals surface area (Å²) >= 11 is 0. The molecule has 1 unspecified atom stereocenters. The van der Waals surface area contributed by atoms with Crippen LogP contribution < -0.4 is 4.72 Å². The monoisotopic (exact) mass is 291 g/mol. The number of nitrogens with zero attached hydrogens (tertiary/aromatic N) is 2. The highest BCUT2D eigenvalue weighted by Crippen LogP contribution is 2.18. The molecule has 0 saturated heterocycles. The molecule has 8 nitrogen and oxygen atoms in total. The van der Waals surface area contributed by atoms with Gasteiger partial charge in [-0.2, -0.15) is 5.10 Å². The van der Waals surface area contributed by atoms with Crippen LogP contribution in [0.2, 0.25) is 0 Å². The minimum absolute atomic E-state index is 0.00353. The highest BCUT2D eigenvalue weighted by atomic mass is 32.2.